The number of nitrogens with zero attached hydrogens (tertiary/aromatic N) is 4. The minimum Gasteiger partial charge on any atom is -0.493 e. The predicted octanol–water partition coefficient (Wildman–Crippen LogP) is 4.40. The standard InChI is InChI=1S/C31H37FN4O2/c32-29-9-5-25(6-10-29)19-31(37)36-14-2-4-28(23-36)24-38-30-11-7-26(8-12-30)21-34-15-17-35(18-16-34)22-27-3-1-13-33-20-27/h1,3,5-13,20,28H,2,4,14-19,21-24H2/t28-/m0/s1. The number of piperidine rings is 1. The summed E-state index contributed by atoms with van der Waals surface area (Å²) >= 11 is 0. The van der Waals surface area contributed by atoms with E-state index in [4.69, 9.17) is 4.74 Å². The maximum absolute atomic E-state index is 13.1. The van der Waals surface area contributed by atoms with Crippen LogP contribution in [0.3, 0.4) is 0 Å². The highest BCUT2D eigenvalue weighted by molar-refractivity contribution is 5.78. The largest absolute Gasteiger partial charge is 0.493 e. The molecule has 200 valence electrons. The van der Waals surface area contributed by atoms with Gasteiger partial charge < -0.3 is 9.64 Å². The first-order chi connectivity index (χ1) is 18.6. The van der Waals surface area contributed by atoms with Crippen molar-refractivity contribution in [3.05, 3.63) is 95.6 Å². The number of aromatic nitrogens is 1. The molecule has 3 heterocycles. The monoisotopic (exact) mass is 516 g/mol. The van der Waals surface area contributed by atoms with E-state index in [1.165, 1.54) is 23.3 Å². The Labute approximate surface area is 225 Å². The predicted molar refractivity (Wildman–Crippen MR) is 146 cm³/mol. The lowest BCUT2D eigenvalue weighted by molar-refractivity contribution is -0.132. The number of hydrogen-bond donors (Lipinski definition) is 0. The molecule has 0 radical (unpaired) electrons. The van der Waals surface area contributed by atoms with Crippen LogP contribution in [-0.4, -0.2) is 71.5 Å². The van der Waals surface area contributed by atoms with Crippen LogP contribution in [0.15, 0.2) is 73.1 Å². The molecule has 3 aromatic rings. The minimum atomic E-state index is -0.278. The lowest BCUT2D eigenvalue weighted by Crippen LogP contribution is -2.45. The number of halogens is 1. The lowest BCUT2D eigenvalue weighted by atomic mass is 9.98. The maximum atomic E-state index is 13.1. The highest BCUT2D eigenvalue weighted by Crippen LogP contribution is 2.21. The molecule has 2 aliphatic rings. The average molecular weight is 517 g/mol. The van der Waals surface area contributed by atoms with E-state index in [2.05, 4.69) is 45.1 Å². The summed E-state index contributed by atoms with van der Waals surface area (Å²) in [5.41, 5.74) is 3.42. The van der Waals surface area contributed by atoms with E-state index in [9.17, 15) is 9.18 Å². The molecule has 0 N–H and O–H groups in total. The van der Waals surface area contributed by atoms with E-state index >= 15 is 0 Å². The topological polar surface area (TPSA) is 48.9 Å². The molecule has 0 spiro atoms. The van der Waals surface area contributed by atoms with Crippen molar-refractivity contribution in [2.75, 3.05) is 45.9 Å². The first kappa shape index (κ1) is 26.3. The van der Waals surface area contributed by atoms with E-state index in [1.54, 1.807) is 12.1 Å². The minimum absolute atomic E-state index is 0.101. The van der Waals surface area contributed by atoms with Crippen LogP contribution in [0.2, 0.25) is 0 Å². The van der Waals surface area contributed by atoms with Gasteiger partial charge in [-0.25, -0.2) is 4.39 Å². The fourth-order valence-electron chi connectivity index (χ4n) is 5.34. The molecule has 7 heteroatoms. The molecular formula is C31H37FN4O2. The van der Waals surface area contributed by atoms with E-state index < -0.39 is 0 Å². The summed E-state index contributed by atoms with van der Waals surface area (Å²) in [6.07, 6.45) is 6.14. The van der Waals surface area contributed by atoms with Gasteiger partial charge in [-0.1, -0.05) is 30.3 Å². The van der Waals surface area contributed by atoms with Gasteiger partial charge in [0.15, 0.2) is 0 Å². The van der Waals surface area contributed by atoms with Crippen LogP contribution in [0.25, 0.3) is 0 Å². The maximum Gasteiger partial charge on any atom is 0.227 e. The Hall–Kier alpha value is -3.29. The first-order valence-corrected chi connectivity index (χ1v) is 13.7. The van der Waals surface area contributed by atoms with Crippen LogP contribution in [0.5, 0.6) is 5.75 Å². The second kappa shape index (κ2) is 13.0. The van der Waals surface area contributed by atoms with Crippen molar-refractivity contribution < 1.29 is 13.9 Å². The molecule has 1 aromatic heterocycles. The average Bonchev–Trinajstić information content (AvgIpc) is 2.96. The number of carbonyl (C=O) groups is 1. The van der Waals surface area contributed by atoms with Crippen LogP contribution in [0.1, 0.15) is 29.5 Å². The number of piperazine rings is 1. The summed E-state index contributed by atoms with van der Waals surface area (Å²) in [6.45, 7) is 8.30. The SMILES string of the molecule is O=C(Cc1ccc(F)cc1)N1CCC[C@H](COc2ccc(CN3CCN(Cc4cccnc4)CC3)cc2)C1. The van der Waals surface area contributed by atoms with Gasteiger partial charge in [0.2, 0.25) is 5.91 Å². The van der Waals surface area contributed by atoms with Gasteiger partial charge >= 0.3 is 0 Å². The van der Waals surface area contributed by atoms with Gasteiger partial charge in [-0.3, -0.25) is 19.6 Å². The number of benzene rings is 2. The van der Waals surface area contributed by atoms with Crippen LogP contribution in [0, 0.1) is 11.7 Å². The molecular weight excluding hydrogens is 479 g/mol. The molecule has 2 saturated heterocycles. The van der Waals surface area contributed by atoms with E-state index in [-0.39, 0.29) is 11.7 Å². The van der Waals surface area contributed by atoms with Crippen LogP contribution in [-0.2, 0) is 24.3 Å². The van der Waals surface area contributed by atoms with Crippen LogP contribution in [0.4, 0.5) is 4.39 Å². The second-order valence-corrected chi connectivity index (χ2v) is 10.5. The third kappa shape index (κ3) is 7.62. The molecule has 6 nitrogen and oxygen atoms in total. The van der Waals surface area contributed by atoms with Gasteiger partial charge in [-0.05, 0) is 59.9 Å². The summed E-state index contributed by atoms with van der Waals surface area (Å²) in [6, 6.07) is 18.8. The van der Waals surface area contributed by atoms with Gasteiger partial charge in [-0.15, -0.1) is 0 Å². The number of hydrogen-bond acceptors (Lipinski definition) is 5. The van der Waals surface area contributed by atoms with Crippen molar-refractivity contribution in [3.63, 3.8) is 0 Å². The Bertz CT molecular complexity index is 1150. The Morgan fingerprint density at radius 2 is 1.55 bits per heavy atom. The molecule has 1 atom stereocenters. The van der Waals surface area contributed by atoms with Gasteiger partial charge in [0.1, 0.15) is 11.6 Å². The van der Waals surface area contributed by atoms with Gasteiger partial charge in [-0.2, -0.15) is 0 Å². The molecule has 0 saturated carbocycles. The molecule has 0 bridgehead atoms. The zero-order chi connectivity index (χ0) is 26.2. The highest BCUT2D eigenvalue weighted by Gasteiger charge is 2.24. The van der Waals surface area contributed by atoms with Gasteiger partial charge in [0, 0.05) is 70.7 Å². The van der Waals surface area contributed by atoms with E-state index in [0.29, 0.717) is 25.5 Å². The summed E-state index contributed by atoms with van der Waals surface area (Å²) in [7, 11) is 0. The lowest BCUT2D eigenvalue weighted by Gasteiger charge is -2.34. The zero-order valence-electron chi connectivity index (χ0n) is 22.0. The smallest absolute Gasteiger partial charge is 0.227 e. The van der Waals surface area contributed by atoms with Crippen molar-refractivity contribution in [1.29, 1.82) is 0 Å². The highest BCUT2D eigenvalue weighted by atomic mass is 19.1. The summed E-state index contributed by atoms with van der Waals surface area (Å²) in [4.78, 5) is 23.9. The number of pyridine rings is 1. The number of rotatable bonds is 9. The number of carbonyl (C=O) groups excluding carboxylic acids is 1. The van der Waals surface area contributed by atoms with Crippen molar-refractivity contribution in [1.82, 2.24) is 19.7 Å². The Morgan fingerprint density at radius 3 is 2.24 bits per heavy atom. The molecule has 38 heavy (non-hydrogen) atoms. The van der Waals surface area contributed by atoms with Gasteiger partial charge in [0.25, 0.3) is 0 Å². The molecule has 2 aliphatic heterocycles. The van der Waals surface area contributed by atoms with Crippen molar-refractivity contribution in [2.45, 2.75) is 32.4 Å². The van der Waals surface area contributed by atoms with Gasteiger partial charge in [0.05, 0.1) is 13.0 Å². The summed E-state index contributed by atoms with van der Waals surface area (Å²) < 4.78 is 19.3. The fourth-order valence-corrected chi connectivity index (χ4v) is 5.34. The molecule has 5 rings (SSSR count). The quantitative estimate of drug-likeness (QED) is 0.422. The molecule has 0 unspecified atom stereocenters. The van der Waals surface area contributed by atoms with Crippen LogP contribution >= 0.6 is 0 Å². The molecule has 2 fully saturated rings. The third-order valence-corrected chi connectivity index (χ3v) is 7.55. The second-order valence-electron chi connectivity index (χ2n) is 10.5. The Morgan fingerprint density at radius 1 is 0.868 bits per heavy atom. The fraction of sp³-hybridized carbons (Fsp3) is 0.419. The molecule has 1 amide bonds. The van der Waals surface area contributed by atoms with E-state index in [0.717, 1.165) is 70.0 Å². The first-order valence-electron chi connectivity index (χ1n) is 13.7. The third-order valence-electron chi connectivity index (χ3n) is 7.55. The number of ether oxygens (including phenoxy) is 1. The summed E-state index contributed by atoms with van der Waals surface area (Å²) in [5.74, 6) is 1.02. The van der Waals surface area contributed by atoms with Crippen molar-refractivity contribution >= 4 is 5.91 Å². The Kier molecular flexibility index (Phi) is 8.99. The van der Waals surface area contributed by atoms with Crippen molar-refractivity contribution in [3.8, 4) is 5.75 Å². The summed E-state index contributed by atoms with van der Waals surface area (Å²) in [5, 5.41) is 0. The van der Waals surface area contributed by atoms with Crippen molar-refractivity contribution in [2.24, 2.45) is 5.92 Å². The normalized spacial score (nSPS) is 18.9. The zero-order valence-corrected chi connectivity index (χ0v) is 22.0. The number of likely N-dealkylation sites (tertiary alicyclic amines) is 1. The number of amides is 1. The molecule has 2 aromatic carbocycles. The Balaban J connectivity index is 1.03. The van der Waals surface area contributed by atoms with Crippen LogP contribution < -0.4 is 4.74 Å². The molecule has 0 aliphatic carbocycles. The van der Waals surface area contributed by atoms with E-state index in [1.807, 2.05) is 23.4 Å².